The van der Waals surface area contributed by atoms with E-state index in [1.165, 1.54) is 19.2 Å². The van der Waals surface area contributed by atoms with Crippen LogP contribution in [0.4, 0.5) is 17.1 Å². The van der Waals surface area contributed by atoms with Gasteiger partial charge in [-0.1, -0.05) is 0 Å². The van der Waals surface area contributed by atoms with Crippen LogP contribution in [0.1, 0.15) is 0 Å². The second-order valence-corrected chi connectivity index (χ2v) is 4.03. The first kappa shape index (κ1) is 14.2. The maximum atomic E-state index is 10.7. The van der Waals surface area contributed by atoms with E-state index in [9.17, 15) is 15.2 Å². The number of methoxy groups -OCH3 is 1. The highest BCUT2D eigenvalue weighted by Crippen LogP contribution is 2.24. The third kappa shape index (κ3) is 3.86. The van der Waals surface area contributed by atoms with Gasteiger partial charge < -0.3 is 20.5 Å². The molecule has 0 heterocycles. The van der Waals surface area contributed by atoms with Crippen LogP contribution in [-0.4, -0.2) is 43.4 Å². The zero-order chi connectivity index (χ0) is 13.7. The van der Waals surface area contributed by atoms with E-state index in [0.29, 0.717) is 17.9 Å². The summed E-state index contributed by atoms with van der Waals surface area (Å²) in [4.78, 5) is 11.9. The van der Waals surface area contributed by atoms with Crippen LogP contribution in [-0.2, 0) is 4.74 Å². The zero-order valence-corrected chi connectivity index (χ0v) is 10.4. The number of nitrogens with zero attached hydrogens (tertiary/aromatic N) is 2. The Morgan fingerprint density at radius 2 is 2.22 bits per heavy atom. The number of nitro benzene ring substituents is 1. The van der Waals surface area contributed by atoms with Crippen molar-refractivity contribution in [1.29, 1.82) is 0 Å². The van der Waals surface area contributed by atoms with Crippen molar-refractivity contribution in [1.82, 2.24) is 0 Å². The molecular weight excluding hydrogens is 238 g/mol. The van der Waals surface area contributed by atoms with E-state index >= 15 is 0 Å². The van der Waals surface area contributed by atoms with Crippen molar-refractivity contribution in [2.24, 2.45) is 0 Å². The Kier molecular flexibility index (Phi) is 4.87. The topological polar surface area (TPSA) is 102 Å². The summed E-state index contributed by atoms with van der Waals surface area (Å²) in [5, 5.41) is 20.3. The average Bonchev–Trinajstić information content (AvgIpc) is 2.28. The summed E-state index contributed by atoms with van der Waals surface area (Å²) in [6, 6.07) is 4.32. The van der Waals surface area contributed by atoms with Gasteiger partial charge in [-0.25, -0.2) is 0 Å². The Balaban J connectivity index is 2.85. The number of nitrogen functional groups attached to an aromatic ring is 1. The molecule has 1 aromatic rings. The minimum Gasteiger partial charge on any atom is -0.398 e. The van der Waals surface area contributed by atoms with E-state index in [0.717, 1.165) is 0 Å². The molecule has 0 saturated heterocycles. The number of anilines is 2. The number of benzene rings is 1. The summed E-state index contributed by atoms with van der Waals surface area (Å²) in [7, 11) is 3.21. The van der Waals surface area contributed by atoms with Crippen LogP contribution in [0.5, 0.6) is 0 Å². The van der Waals surface area contributed by atoms with Crippen LogP contribution >= 0.6 is 0 Å². The minimum atomic E-state index is -0.666. The van der Waals surface area contributed by atoms with E-state index in [4.69, 9.17) is 10.5 Å². The number of nitrogens with two attached hydrogens (primary N) is 1. The van der Waals surface area contributed by atoms with Crippen molar-refractivity contribution in [2.45, 2.75) is 6.10 Å². The van der Waals surface area contributed by atoms with Gasteiger partial charge in [-0.15, -0.1) is 0 Å². The lowest BCUT2D eigenvalue weighted by molar-refractivity contribution is -0.384. The van der Waals surface area contributed by atoms with Crippen LogP contribution < -0.4 is 10.6 Å². The number of aliphatic hydroxyl groups excluding tert-OH is 1. The highest BCUT2D eigenvalue weighted by Gasteiger charge is 2.13. The van der Waals surface area contributed by atoms with Gasteiger partial charge in [-0.05, 0) is 6.07 Å². The molecule has 1 aromatic carbocycles. The first-order valence-electron chi connectivity index (χ1n) is 5.37. The van der Waals surface area contributed by atoms with Crippen LogP contribution in [0.25, 0.3) is 0 Å². The van der Waals surface area contributed by atoms with Gasteiger partial charge in [0.25, 0.3) is 5.69 Å². The summed E-state index contributed by atoms with van der Waals surface area (Å²) in [6.45, 7) is 0.503. The SMILES string of the molecule is COCC(O)CN(C)c1cc(N)cc([N+](=O)[O-])c1. The largest absolute Gasteiger partial charge is 0.398 e. The molecule has 0 aliphatic heterocycles. The second kappa shape index (κ2) is 6.18. The molecule has 0 radical (unpaired) electrons. The molecule has 1 atom stereocenters. The lowest BCUT2D eigenvalue weighted by Gasteiger charge is -2.22. The number of hydrogen-bond acceptors (Lipinski definition) is 6. The Hall–Kier alpha value is -1.86. The summed E-state index contributed by atoms with van der Waals surface area (Å²) >= 11 is 0. The molecule has 0 aromatic heterocycles. The number of hydrogen-bond donors (Lipinski definition) is 2. The molecule has 7 heteroatoms. The van der Waals surface area contributed by atoms with Gasteiger partial charge in [0.2, 0.25) is 0 Å². The summed E-state index contributed by atoms with van der Waals surface area (Å²) < 4.78 is 4.82. The van der Waals surface area contributed by atoms with Crippen molar-refractivity contribution in [3.8, 4) is 0 Å². The quantitative estimate of drug-likeness (QED) is 0.439. The van der Waals surface area contributed by atoms with E-state index in [1.54, 1.807) is 18.0 Å². The van der Waals surface area contributed by atoms with Gasteiger partial charge in [0.1, 0.15) is 0 Å². The van der Waals surface area contributed by atoms with E-state index in [1.807, 2.05) is 0 Å². The number of nitro groups is 1. The summed E-state index contributed by atoms with van der Waals surface area (Å²) in [5.74, 6) is 0. The van der Waals surface area contributed by atoms with Gasteiger partial charge in [0.15, 0.2) is 0 Å². The molecule has 3 N–H and O–H groups in total. The first-order valence-corrected chi connectivity index (χ1v) is 5.37. The summed E-state index contributed by atoms with van der Waals surface area (Å²) in [5.41, 5.74) is 6.43. The normalized spacial score (nSPS) is 12.2. The molecular formula is C11H17N3O4. The summed E-state index contributed by atoms with van der Waals surface area (Å²) in [6.07, 6.45) is -0.666. The third-order valence-corrected chi connectivity index (χ3v) is 2.42. The smallest absolute Gasteiger partial charge is 0.273 e. The molecule has 1 unspecified atom stereocenters. The molecule has 1 rings (SSSR count). The van der Waals surface area contributed by atoms with Crippen molar-refractivity contribution in [3.05, 3.63) is 28.3 Å². The number of non-ortho nitro benzene ring substituents is 1. The number of likely N-dealkylation sites (N-methyl/N-ethyl adjacent to an activating group) is 1. The maximum Gasteiger partial charge on any atom is 0.273 e. The molecule has 0 amide bonds. The van der Waals surface area contributed by atoms with E-state index in [2.05, 4.69) is 0 Å². The van der Waals surface area contributed by atoms with Gasteiger partial charge in [-0.3, -0.25) is 10.1 Å². The fourth-order valence-electron chi connectivity index (χ4n) is 1.61. The fraction of sp³-hybridized carbons (Fsp3) is 0.455. The average molecular weight is 255 g/mol. The lowest BCUT2D eigenvalue weighted by atomic mass is 10.2. The van der Waals surface area contributed by atoms with Crippen molar-refractivity contribution >= 4 is 17.1 Å². The predicted molar refractivity (Wildman–Crippen MR) is 68.7 cm³/mol. The maximum absolute atomic E-state index is 10.7. The molecule has 0 aliphatic carbocycles. The van der Waals surface area contributed by atoms with Crippen LogP contribution in [0.3, 0.4) is 0 Å². The third-order valence-electron chi connectivity index (χ3n) is 2.42. The molecule has 100 valence electrons. The molecule has 7 nitrogen and oxygen atoms in total. The predicted octanol–water partition coefficient (Wildman–Crippen LogP) is 0.621. The number of ether oxygens (including phenoxy) is 1. The van der Waals surface area contributed by atoms with Gasteiger partial charge in [-0.2, -0.15) is 0 Å². The monoisotopic (exact) mass is 255 g/mol. The van der Waals surface area contributed by atoms with E-state index in [-0.39, 0.29) is 12.3 Å². The Morgan fingerprint density at radius 1 is 1.56 bits per heavy atom. The zero-order valence-electron chi connectivity index (χ0n) is 10.4. The Bertz CT molecular complexity index is 425. The molecule has 18 heavy (non-hydrogen) atoms. The Labute approximate surface area is 105 Å². The van der Waals surface area contributed by atoms with Crippen LogP contribution in [0, 0.1) is 10.1 Å². The van der Waals surface area contributed by atoms with Crippen LogP contribution in [0.2, 0.25) is 0 Å². The standard InChI is InChI=1S/C11H17N3O4/c1-13(6-11(15)7-18-2)9-3-8(12)4-10(5-9)14(16)17/h3-5,11,15H,6-7,12H2,1-2H3. The molecule has 0 aliphatic rings. The molecule has 0 bridgehead atoms. The second-order valence-electron chi connectivity index (χ2n) is 4.03. The van der Waals surface area contributed by atoms with Gasteiger partial charge >= 0.3 is 0 Å². The highest BCUT2D eigenvalue weighted by molar-refractivity contribution is 5.62. The van der Waals surface area contributed by atoms with Crippen LogP contribution in [0.15, 0.2) is 18.2 Å². The minimum absolute atomic E-state index is 0.0712. The van der Waals surface area contributed by atoms with Crippen molar-refractivity contribution in [2.75, 3.05) is 37.9 Å². The van der Waals surface area contributed by atoms with Crippen molar-refractivity contribution < 1.29 is 14.8 Å². The molecule has 0 saturated carbocycles. The first-order chi connectivity index (χ1) is 8.43. The number of rotatable bonds is 6. The number of aliphatic hydroxyl groups is 1. The van der Waals surface area contributed by atoms with Gasteiger partial charge in [0, 0.05) is 44.2 Å². The van der Waals surface area contributed by atoms with Crippen molar-refractivity contribution in [3.63, 3.8) is 0 Å². The van der Waals surface area contributed by atoms with Gasteiger partial charge in [0.05, 0.1) is 17.6 Å². The van der Waals surface area contributed by atoms with E-state index < -0.39 is 11.0 Å². The highest BCUT2D eigenvalue weighted by atomic mass is 16.6. The molecule has 0 fully saturated rings. The fourth-order valence-corrected chi connectivity index (χ4v) is 1.61. The lowest BCUT2D eigenvalue weighted by Crippen LogP contribution is -2.31. The Morgan fingerprint density at radius 3 is 2.78 bits per heavy atom. The molecule has 0 spiro atoms.